The van der Waals surface area contributed by atoms with Gasteiger partial charge in [-0.1, -0.05) is 6.07 Å². The topological polar surface area (TPSA) is 110 Å². The highest BCUT2D eigenvalue weighted by molar-refractivity contribution is 5.78. The lowest BCUT2D eigenvalue weighted by Crippen LogP contribution is -2.41. The Balaban J connectivity index is 1.46. The number of hydrogen-bond donors (Lipinski definition) is 1. The van der Waals surface area contributed by atoms with Crippen LogP contribution in [0.15, 0.2) is 41.6 Å². The van der Waals surface area contributed by atoms with E-state index in [0.717, 1.165) is 5.56 Å². The van der Waals surface area contributed by atoms with Gasteiger partial charge < -0.3 is 19.4 Å². The van der Waals surface area contributed by atoms with Gasteiger partial charge in [0.15, 0.2) is 23.9 Å². The maximum Gasteiger partial charge on any atom is 0.260 e. The summed E-state index contributed by atoms with van der Waals surface area (Å²) in [5.41, 5.74) is 2.40. The van der Waals surface area contributed by atoms with Crippen LogP contribution in [0, 0.1) is 6.92 Å². The lowest BCUT2D eigenvalue weighted by atomic mass is 10.1. The van der Waals surface area contributed by atoms with Crippen molar-refractivity contribution in [2.24, 2.45) is 0 Å². The smallest absolute Gasteiger partial charge is 0.260 e. The Labute approximate surface area is 172 Å². The molecule has 1 aliphatic heterocycles. The molecule has 9 nitrogen and oxygen atoms in total. The first-order chi connectivity index (χ1) is 14.5. The van der Waals surface area contributed by atoms with Gasteiger partial charge in [0, 0.05) is 25.4 Å². The van der Waals surface area contributed by atoms with Crippen LogP contribution in [0.1, 0.15) is 16.8 Å². The van der Waals surface area contributed by atoms with E-state index in [9.17, 15) is 9.59 Å². The zero-order valence-electron chi connectivity index (χ0n) is 16.7. The normalized spacial score (nSPS) is 12.9. The van der Waals surface area contributed by atoms with Gasteiger partial charge in [-0.25, -0.2) is 9.97 Å². The standard InChI is InChI=1S/C21H21N5O4/c1-13-3-4-17(18(9-13)29-2)30-12-19(27)26-8-5-15-14(11-26)21(28)25-20(24-15)16-10-22-6-7-23-16/h3-4,6-7,9-10H,5,8,11-12H2,1-2H3,(H,24,25,28). The second kappa shape index (κ2) is 8.32. The Hall–Kier alpha value is -3.75. The third kappa shape index (κ3) is 4.00. The minimum atomic E-state index is -0.278. The van der Waals surface area contributed by atoms with E-state index in [1.165, 1.54) is 6.20 Å². The van der Waals surface area contributed by atoms with E-state index in [2.05, 4.69) is 19.9 Å². The van der Waals surface area contributed by atoms with Crippen LogP contribution in [0.2, 0.25) is 0 Å². The van der Waals surface area contributed by atoms with Gasteiger partial charge in [-0.3, -0.25) is 14.6 Å². The van der Waals surface area contributed by atoms with E-state index < -0.39 is 0 Å². The number of nitrogens with one attached hydrogen (secondary N) is 1. The summed E-state index contributed by atoms with van der Waals surface area (Å²) in [6, 6.07) is 5.51. The fraction of sp³-hybridized carbons (Fsp3) is 0.286. The molecule has 1 aromatic carbocycles. The first-order valence-corrected chi connectivity index (χ1v) is 9.49. The molecule has 0 aliphatic carbocycles. The predicted octanol–water partition coefficient (Wildman–Crippen LogP) is 1.51. The van der Waals surface area contributed by atoms with Gasteiger partial charge in [0.05, 0.1) is 31.1 Å². The van der Waals surface area contributed by atoms with E-state index >= 15 is 0 Å². The second-order valence-corrected chi connectivity index (χ2v) is 6.94. The SMILES string of the molecule is COc1cc(C)ccc1OCC(=O)N1CCc2nc(-c3cnccn3)[nH]c(=O)c2C1. The molecule has 0 bridgehead atoms. The molecule has 0 atom stereocenters. The average molecular weight is 407 g/mol. The number of H-pyrrole nitrogens is 1. The molecular weight excluding hydrogens is 386 g/mol. The zero-order chi connectivity index (χ0) is 21.1. The van der Waals surface area contributed by atoms with Crippen LogP contribution in [-0.2, 0) is 17.8 Å². The van der Waals surface area contributed by atoms with Crippen molar-refractivity contribution in [3.05, 3.63) is 64.0 Å². The molecule has 0 fully saturated rings. The van der Waals surface area contributed by atoms with Crippen molar-refractivity contribution in [2.75, 3.05) is 20.3 Å². The minimum Gasteiger partial charge on any atom is -0.493 e. The molecule has 3 heterocycles. The van der Waals surface area contributed by atoms with Crippen LogP contribution in [0.25, 0.3) is 11.5 Å². The molecule has 154 valence electrons. The summed E-state index contributed by atoms with van der Waals surface area (Å²) >= 11 is 0. The molecule has 0 unspecified atom stereocenters. The highest BCUT2D eigenvalue weighted by Gasteiger charge is 2.25. The number of ether oxygens (including phenoxy) is 2. The maximum absolute atomic E-state index is 12.7. The maximum atomic E-state index is 12.7. The number of nitrogens with zero attached hydrogens (tertiary/aromatic N) is 4. The Morgan fingerprint density at radius 2 is 2.13 bits per heavy atom. The first kappa shape index (κ1) is 19.6. The summed E-state index contributed by atoms with van der Waals surface area (Å²) in [4.78, 5) is 42.3. The molecule has 2 aromatic heterocycles. The number of rotatable bonds is 5. The van der Waals surface area contributed by atoms with Gasteiger partial charge in [-0.2, -0.15) is 0 Å². The fourth-order valence-electron chi connectivity index (χ4n) is 3.31. The van der Waals surface area contributed by atoms with Gasteiger partial charge in [-0.05, 0) is 24.6 Å². The Bertz CT molecular complexity index is 1130. The summed E-state index contributed by atoms with van der Waals surface area (Å²) in [6.45, 7) is 2.45. The summed E-state index contributed by atoms with van der Waals surface area (Å²) in [5.74, 6) is 1.24. The molecule has 0 radical (unpaired) electrons. The van der Waals surface area contributed by atoms with E-state index in [0.29, 0.717) is 47.2 Å². The van der Waals surface area contributed by atoms with Crippen molar-refractivity contribution in [3.63, 3.8) is 0 Å². The van der Waals surface area contributed by atoms with Crippen LogP contribution in [0.3, 0.4) is 0 Å². The van der Waals surface area contributed by atoms with Crippen LogP contribution >= 0.6 is 0 Å². The minimum absolute atomic E-state index is 0.141. The van der Waals surface area contributed by atoms with Crippen LogP contribution in [-0.4, -0.2) is 51.0 Å². The lowest BCUT2D eigenvalue weighted by molar-refractivity contribution is -0.134. The molecule has 0 saturated heterocycles. The van der Waals surface area contributed by atoms with Crippen molar-refractivity contribution in [1.29, 1.82) is 0 Å². The molecule has 1 amide bonds. The highest BCUT2D eigenvalue weighted by atomic mass is 16.5. The molecule has 9 heteroatoms. The van der Waals surface area contributed by atoms with Gasteiger partial charge in [0.1, 0.15) is 5.69 Å². The zero-order valence-corrected chi connectivity index (χ0v) is 16.7. The number of benzene rings is 1. The number of methoxy groups -OCH3 is 1. The molecule has 4 rings (SSSR count). The van der Waals surface area contributed by atoms with Gasteiger partial charge in [-0.15, -0.1) is 0 Å². The lowest BCUT2D eigenvalue weighted by Gasteiger charge is -2.28. The third-order valence-corrected chi connectivity index (χ3v) is 4.90. The van der Waals surface area contributed by atoms with Crippen LogP contribution in [0.5, 0.6) is 11.5 Å². The van der Waals surface area contributed by atoms with E-state index in [1.54, 1.807) is 30.5 Å². The second-order valence-electron chi connectivity index (χ2n) is 6.94. The van der Waals surface area contributed by atoms with Crippen molar-refractivity contribution >= 4 is 5.91 Å². The quantitative estimate of drug-likeness (QED) is 0.682. The average Bonchev–Trinajstić information content (AvgIpc) is 2.78. The van der Waals surface area contributed by atoms with Crippen molar-refractivity contribution in [1.82, 2.24) is 24.8 Å². The molecule has 0 saturated carbocycles. The number of aromatic nitrogens is 4. The van der Waals surface area contributed by atoms with E-state index in [1.807, 2.05) is 19.1 Å². The fourth-order valence-corrected chi connectivity index (χ4v) is 3.31. The van der Waals surface area contributed by atoms with Gasteiger partial charge in [0.2, 0.25) is 0 Å². The predicted molar refractivity (Wildman–Crippen MR) is 108 cm³/mol. The summed E-state index contributed by atoms with van der Waals surface area (Å²) in [5, 5.41) is 0. The number of carbonyl (C=O) groups excluding carboxylic acids is 1. The summed E-state index contributed by atoms with van der Waals surface area (Å²) in [7, 11) is 1.56. The first-order valence-electron chi connectivity index (χ1n) is 9.49. The monoisotopic (exact) mass is 407 g/mol. The number of aromatic amines is 1. The van der Waals surface area contributed by atoms with E-state index in [-0.39, 0.29) is 24.6 Å². The highest BCUT2D eigenvalue weighted by Crippen LogP contribution is 2.28. The van der Waals surface area contributed by atoms with E-state index in [4.69, 9.17) is 9.47 Å². The molecule has 1 aliphatic rings. The molecule has 30 heavy (non-hydrogen) atoms. The van der Waals surface area contributed by atoms with Gasteiger partial charge in [0.25, 0.3) is 11.5 Å². The van der Waals surface area contributed by atoms with Crippen LogP contribution < -0.4 is 15.0 Å². The molecular formula is C21H21N5O4. The largest absolute Gasteiger partial charge is 0.493 e. The molecule has 0 spiro atoms. The van der Waals surface area contributed by atoms with Crippen molar-refractivity contribution in [3.8, 4) is 23.0 Å². The summed E-state index contributed by atoms with van der Waals surface area (Å²) in [6.07, 6.45) is 5.11. The third-order valence-electron chi connectivity index (χ3n) is 4.90. The Morgan fingerprint density at radius 1 is 1.27 bits per heavy atom. The van der Waals surface area contributed by atoms with Crippen molar-refractivity contribution in [2.45, 2.75) is 19.9 Å². The Kier molecular flexibility index (Phi) is 5.42. The summed E-state index contributed by atoms with van der Waals surface area (Å²) < 4.78 is 11.0. The number of aryl methyl sites for hydroxylation is 1. The number of amides is 1. The Morgan fingerprint density at radius 3 is 2.90 bits per heavy atom. The number of hydrogen-bond acceptors (Lipinski definition) is 7. The van der Waals surface area contributed by atoms with Crippen LogP contribution in [0.4, 0.5) is 0 Å². The number of fused-ring (bicyclic) bond motifs is 1. The molecule has 1 N–H and O–H groups in total. The van der Waals surface area contributed by atoms with Crippen molar-refractivity contribution < 1.29 is 14.3 Å². The molecule has 3 aromatic rings. The number of carbonyl (C=O) groups is 1. The van der Waals surface area contributed by atoms with Gasteiger partial charge >= 0.3 is 0 Å².